The molecule has 0 unspecified atom stereocenters. The van der Waals surface area contributed by atoms with Gasteiger partial charge in [0.05, 0.1) is 25.2 Å². The highest BCUT2D eigenvalue weighted by molar-refractivity contribution is 7.92. The molecular weight excluding hydrogens is 504 g/mol. The second-order valence-corrected chi connectivity index (χ2v) is 11.0. The van der Waals surface area contributed by atoms with Gasteiger partial charge in [-0.25, -0.2) is 8.42 Å². The molecule has 0 saturated carbocycles. The average molecular weight is 537 g/mol. The summed E-state index contributed by atoms with van der Waals surface area (Å²) in [5.74, 6) is -0.968. The number of ether oxygens (including phenoxy) is 1. The van der Waals surface area contributed by atoms with Gasteiger partial charge in [-0.15, -0.1) is 0 Å². The molecule has 10 heteroatoms. The van der Waals surface area contributed by atoms with E-state index in [1.165, 1.54) is 4.31 Å². The lowest BCUT2D eigenvalue weighted by atomic mass is 9.93. The number of aryl methyl sites for hydroxylation is 1. The molecule has 2 amide bonds. The number of benzene rings is 3. The number of hydrogen-bond donors (Lipinski definition) is 2. The quantitative estimate of drug-likeness (QED) is 0.453. The molecule has 0 atom stereocenters. The smallest absolute Gasteiger partial charge is 0.255 e. The van der Waals surface area contributed by atoms with Crippen LogP contribution in [-0.4, -0.2) is 59.3 Å². The van der Waals surface area contributed by atoms with Crippen molar-refractivity contribution in [2.24, 2.45) is 5.73 Å². The van der Waals surface area contributed by atoms with Crippen LogP contribution in [0.4, 0.5) is 17.1 Å². The Bertz CT molecular complexity index is 1470. The Morgan fingerprint density at radius 3 is 2.42 bits per heavy atom. The number of amides is 2. The Labute approximate surface area is 223 Å². The normalized spacial score (nSPS) is 13.7. The van der Waals surface area contributed by atoms with Gasteiger partial charge in [-0.05, 0) is 67.4 Å². The van der Waals surface area contributed by atoms with Crippen molar-refractivity contribution >= 4 is 38.9 Å². The van der Waals surface area contributed by atoms with Crippen molar-refractivity contribution in [2.45, 2.75) is 13.8 Å². The molecule has 1 heterocycles. The molecular formula is C28H32N4O5S. The number of carbonyl (C=O) groups excluding carboxylic acids is 2. The van der Waals surface area contributed by atoms with Crippen molar-refractivity contribution in [1.82, 2.24) is 0 Å². The molecule has 0 spiro atoms. The molecule has 0 aliphatic carbocycles. The van der Waals surface area contributed by atoms with E-state index < -0.39 is 15.9 Å². The molecule has 38 heavy (non-hydrogen) atoms. The van der Waals surface area contributed by atoms with Gasteiger partial charge < -0.3 is 20.7 Å². The Morgan fingerprint density at radius 2 is 1.76 bits per heavy atom. The van der Waals surface area contributed by atoms with Gasteiger partial charge in [-0.2, -0.15) is 0 Å². The number of carbonyl (C=O) groups is 2. The molecule has 3 aromatic carbocycles. The van der Waals surface area contributed by atoms with Gasteiger partial charge in [0.2, 0.25) is 15.9 Å². The first kappa shape index (κ1) is 27.2. The van der Waals surface area contributed by atoms with Gasteiger partial charge in [0, 0.05) is 47.7 Å². The van der Waals surface area contributed by atoms with Gasteiger partial charge in [0.15, 0.2) is 0 Å². The fourth-order valence-corrected chi connectivity index (χ4v) is 5.64. The van der Waals surface area contributed by atoms with Crippen LogP contribution in [0.3, 0.4) is 0 Å². The van der Waals surface area contributed by atoms with Gasteiger partial charge in [-0.1, -0.05) is 18.2 Å². The van der Waals surface area contributed by atoms with E-state index >= 15 is 0 Å². The molecule has 200 valence electrons. The number of morpholine rings is 1. The van der Waals surface area contributed by atoms with Crippen molar-refractivity contribution in [3.63, 3.8) is 0 Å². The second-order valence-electron chi connectivity index (χ2n) is 9.13. The van der Waals surface area contributed by atoms with Crippen LogP contribution >= 0.6 is 0 Å². The summed E-state index contributed by atoms with van der Waals surface area (Å²) in [7, 11) is -3.63. The molecule has 9 nitrogen and oxygen atoms in total. The number of nitrogens with zero attached hydrogens (tertiary/aromatic N) is 2. The monoisotopic (exact) mass is 536 g/mol. The largest absolute Gasteiger partial charge is 0.378 e. The molecule has 1 saturated heterocycles. The first-order valence-electron chi connectivity index (χ1n) is 12.4. The van der Waals surface area contributed by atoms with Crippen LogP contribution in [0.15, 0.2) is 60.7 Å². The highest BCUT2D eigenvalue weighted by atomic mass is 32.2. The van der Waals surface area contributed by atoms with Gasteiger partial charge in [-0.3, -0.25) is 13.9 Å². The van der Waals surface area contributed by atoms with E-state index in [1.807, 2.05) is 31.2 Å². The third-order valence-electron chi connectivity index (χ3n) is 6.51. The number of hydrogen-bond acceptors (Lipinski definition) is 6. The van der Waals surface area contributed by atoms with E-state index in [4.69, 9.17) is 10.5 Å². The van der Waals surface area contributed by atoms with E-state index in [9.17, 15) is 18.0 Å². The van der Waals surface area contributed by atoms with Gasteiger partial charge >= 0.3 is 0 Å². The van der Waals surface area contributed by atoms with Crippen molar-refractivity contribution < 1.29 is 22.7 Å². The minimum atomic E-state index is -3.63. The summed E-state index contributed by atoms with van der Waals surface area (Å²) in [5, 5.41) is 2.94. The summed E-state index contributed by atoms with van der Waals surface area (Å²) in [6.07, 6.45) is 1.12. The predicted octanol–water partition coefficient (Wildman–Crippen LogP) is 3.64. The zero-order valence-electron chi connectivity index (χ0n) is 21.7. The minimum Gasteiger partial charge on any atom is -0.378 e. The number of nitrogens with two attached hydrogens (primary N) is 1. The van der Waals surface area contributed by atoms with Gasteiger partial charge in [0.25, 0.3) is 5.91 Å². The molecule has 1 fully saturated rings. The Morgan fingerprint density at radius 1 is 1.05 bits per heavy atom. The fourth-order valence-electron chi connectivity index (χ4n) is 4.66. The lowest BCUT2D eigenvalue weighted by Crippen LogP contribution is -2.36. The SMILES string of the molecule is CCN(c1cccc(C(N)=O)c1-c1cc(NC(=O)c2cccc(N3CCOCC3)c2)ccc1C)S(C)(=O)=O. The summed E-state index contributed by atoms with van der Waals surface area (Å²) < 4.78 is 31.8. The maximum atomic E-state index is 13.2. The van der Waals surface area contributed by atoms with E-state index in [0.29, 0.717) is 41.3 Å². The molecule has 1 aliphatic rings. The van der Waals surface area contributed by atoms with Crippen LogP contribution in [-0.2, 0) is 14.8 Å². The van der Waals surface area contributed by atoms with Crippen LogP contribution in [0.5, 0.6) is 0 Å². The maximum absolute atomic E-state index is 13.2. The Hall–Kier alpha value is -3.89. The highest BCUT2D eigenvalue weighted by Gasteiger charge is 2.24. The molecule has 1 aliphatic heterocycles. The molecule has 0 aromatic heterocycles. The van der Waals surface area contributed by atoms with Crippen molar-refractivity contribution in [2.75, 3.05) is 53.6 Å². The first-order valence-corrected chi connectivity index (χ1v) is 14.2. The predicted molar refractivity (Wildman–Crippen MR) is 150 cm³/mol. The van der Waals surface area contributed by atoms with Crippen LogP contribution in [0.25, 0.3) is 11.1 Å². The zero-order chi connectivity index (χ0) is 27.4. The number of sulfonamides is 1. The van der Waals surface area contributed by atoms with Crippen molar-refractivity contribution in [3.8, 4) is 11.1 Å². The topological polar surface area (TPSA) is 122 Å². The third-order valence-corrected chi connectivity index (χ3v) is 7.77. The summed E-state index contributed by atoms with van der Waals surface area (Å²) in [5.41, 5.74) is 9.97. The molecule has 0 radical (unpaired) electrons. The van der Waals surface area contributed by atoms with Crippen LogP contribution in [0.2, 0.25) is 0 Å². The number of anilines is 3. The third kappa shape index (κ3) is 5.81. The lowest BCUT2D eigenvalue weighted by Gasteiger charge is -2.29. The summed E-state index contributed by atoms with van der Waals surface area (Å²) in [4.78, 5) is 27.8. The molecule has 4 rings (SSSR count). The number of nitrogens with one attached hydrogen (secondary N) is 1. The molecule has 3 N–H and O–H groups in total. The average Bonchev–Trinajstić information content (AvgIpc) is 2.90. The van der Waals surface area contributed by atoms with Crippen LogP contribution in [0, 0.1) is 6.92 Å². The van der Waals surface area contributed by atoms with E-state index in [1.54, 1.807) is 43.3 Å². The second kappa shape index (κ2) is 11.2. The van der Waals surface area contributed by atoms with Crippen LogP contribution < -0.4 is 20.3 Å². The summed E-state index contributed by atoms with van der Waals surface area (Å²) >= 11 is 0. The van der Waals surface area contributed by atoms with Gasteiger partial charge in [0.1, 0.15) is 0 Å². The van der Waals surface area contributed by atoms with Crippen molar-refractivity contribution in [1.29, 1.82) is 0 Å². The summed E-state index contributed by atoms with van der Waals surface area (Å²) in [6, 6.07) is 17.6. The van der Waals surface area contributed by atoms with E-state index in [0.717, 1.165) is 30.6 Å². The highest BCUT2D eigenvalue weighted by Crippen LogP contribution is 2.38. The minimum absolute atomic E-state index is 0.170. The standard InChI is InChI=1S/C28H32N4O5S/c1-4-32(38(3,35)36)25-10-6-9-23(27(29)33)26(25)24-18-21(12-11-19(24)2)30-28(34)20-7-5-8-22(17-20)31-13-15-37-16-14-31/h5-12,17-18H,4,13-16H2,1-3H3,(H2,29,33)(H,30,34). The number of rotatable bonds is 8. The summed E-state index contributed by atoms with van der Waals surface area (Å²) in [6.45, 7) is 6.55. The maximum Gasteiger partial charge on any atom is 0.255 e. The molecule has 3 aromatic rings. The first-order chi connectivity index (χ1) is 18.1. The van der Waals surface area contributed by atoms with E-state index in [2.05, 4.69) is 10.2 Å². The zero-order valence-corrected chi connectivity index (χ0v) is 22.5. The lowest BCUT2D eigenvalue weighted by molar-refractivity contribution is 0.0998. The Kier molecular flexibility index (Phi) is 8.03. The number of primary amides is 1. The van der Waals surface area contributed by atoms with Crippen LogP contribution in [0.1, 0.15) is 33.2 Å². The van der Waals surface area contributed by atoms with Crippen molar-refractivity contribution in [3.05, 3.63) is 77.4 Å². The molecule has 0 bridgehead atoms. The van der Waals surface area contributed by atoms with E-state index in [-0.39, 0.29) is 18.0 Å². The Balaban J connectivity index is 1.72. The fraction of sp³-hybridized carbons (Fsp3) is 0.286.